The number of likely N-dealkylation sites (N-methyl/N-ethyl adjacent to an activating group) is 1. The van der Waals surface area contributed by atoms with Crippen LogP contribution >= 0.6 is 0 Å². The number of esters is 2. The molecule has 1 aromatic carbocycles. The van der Waals surface area contributed by atoms with Gasteiger partial charge in [0.25, 0.3) is 0 Å². The van der Waals surface area contributed by atoms with Crippen molar-refractivity contribution in [3.05, 3.63) is 29.3 Å². The van der Waals surface area contributed by atoms with E-state index >= 15 is 0 Å². The van der Waals surface area contributed by atoms with Crippen LogP contribution in [0.3, 0.4) is 0 Å². The maximum Gasteiger partial charge on any atom is 0.337 e. The summed E-state index contributed by atoms with van der Waals surface area (Å²) in [5, 5.41) is 0. The van der Waals surface area contributed by atoms with Crippen LogP contribution < -0.4 is 0 Å². The molecule has 1 aromatic rings. The number of hydrogen-bond acceptors (Lipinski definition) is 7. The zero-order valence-electron chi connectivity index (χ0n) is 15.4. The fraction of sp³-hybridized carbons (Fsp3) is 0.529. The van der Waals surface area contributed by atoms with Crippen LogP contribution in [0, 0.1) is 0 Å². The molecule has 0 bridgehead atoms. The van der Waals surface area contributed by atoms with Gasteiger partial charge in [-0.25, -0.2) is 18.0 Å². The van der Waals surface area contributed by atoms with Gasteiger partial charge in [-0.15, -0.1) is 0 Å². The van der Waals surface area contributed by atoms with E-state index < -0.39 is 22.0 Å². The molecule has 1 aliphatic heterocycles. The van der Waals surface area contributed by atoms with Crippen molar-refractivity contribution in [3.63, 3.8) is 0 Å². The standard InChI is InChI=1S/C17H24N2O6S/c1-5-18(2)14-6-7-19(11-14)26(22,23)15-9-12(16(20)24-3)8-13(10-15)17(21)25-4/h8-10,14H,5-7,11H2,1-4H3/t14-/m0/s1. The van der Waals surface area contributed by atoms with Gasteiger partial charge in [0.1, 0.15) is 0 Å². The van der Waals surface area contributed by atoms with Gasteiger partial charge < -0.3 is 14.4 Å². The summed E-state index contributed by atoms with van der Waals surface area (Å²) < 4.78 is 36.7. The summed E-state index contributed by atoms with van der Waals surface area (Å²) in [7, 11) is 0.477. The number of benzene rings is 1. The SMILES string of the molecule is CCN(C)[C@H]1CCN(S(=O)(=O)c2cc(C(=O)OC)cc(C(=O)OC)c2)C1. The highest BCUT2D eigenvalue weighted by Crippen LogP contribution is 2.25. The van der Waals surface area contributed by atoms with Crippen LogP contribution in [0.4, 0.5) is 0 Å². The van der Waals surface area contributed by atoms with Crippen LogP contribution in [0.25, 0.3) is 0 Å². The van der Waals surface area contributed by atoms with Gasteiger partial charge in [-0.3, -0.25) is 0 Å². The number of nitrogens with zero attached hydrogens (tertiary/aromatic N) is 2. The highest BCUT2D eigenvalue weighted by Gasteiger charge is 2.34. The minimum absolute atomic E-state index is 0.0181. The van der Waals surface area contributed by atoms with Crippen molar-refractivity contribution < 1.29 is 27.5 Å². The molecule has 0 aliphatic carbocycles. The van der Waals surface area contributed by atoms with Crippen LogP contribution in [0.5, 0.6) is 0 Å². The Labute approximate surface area is 153 Å². The Morgan fingerprint density at radius 2 is 1.69 bits per heavy atom. The second kappa shape index (κ2) is 8.15. The second-order valence-electron chi connectivity index (χ2n) is 6.11. The number of ether oxygens (including phenoxy) is 2. The molecule has 0 N–H and O–H groups in total. The van der Waals surface area contributed by atoms with E-state index in [0.717, 1.165) is 13.0 Å². The molecule has 0 saturated carbocycles. The van der Waals surface area contributed by atoms with Crippen molar-refractivity contribution in [3.8, 4) is 0 Å². The average Bonchev–Trinajstić information content (AvgIpc) is 3.16. The van der Waals surface area contributed by atoms with Crippen LogP contribution in [0.15, 0.2) is 23.1 Å². The largest absolute Gasteiger partial charge is 0.465 e. The van der Waals surface area contributed by atoms with Gasteiger partial charge in [0.15, 0.2) is 0 Å². The molecule has 0 spiro atoms. The van der Waals surface area contributed by atoms with Crippen molar-refractivity contribution in [1.29, 1.82) is 0 Å². The molecular weight excluding hydrogens is 360 g/mol. The number of hydrogen-bond donors (Lipinski definition) is 0. The van der Waals surface area contributed by atoms with Crippen molar-refractivity contribution in [2.75, 3.05) is 40.9 Å². The van der Waals surface area contributed by atoms with Crippen LogP contribution in [0.1, 0.15) is 34.1 Å². The third kappa shape index (κ3) is 4.05. The van der Waals surface area contributed by atoms with E-state index in [2.05, 4.69) is 14.4 Å². The number of rotatable bonds is 6. The molecule has 2 rings (SSSR count). The highest BCUT2D eigenvalue weighted by molar-refractivity contribution is 7.89. The summed E-state index contributed by atoms with van der Waals surface area (Å²) in [5.74, 6) is -1.45. The van der Waals surface area contributed by atoms with Crippen molar-refractivity contribution >= 4 is 22.0 Å². The van der Waals surface area contributed by atoms with Gasteiger partial charge in [0.2, 0.25) is 10.0 Å². The van der Waals surface area contributed by atoms with Gasteiger partial charge in [0.05, 0.1) is 30.2 Å². The Hall–Kier alpha value is -1.97. The molecule has 8 nitrogen and oxygen atoms in total. The van der Waals surface area contributed by atoms with Gasteiger partial charge in [0, 0.05) is 19.1 Å². The van der Waals surface area contributed by atoms with Crippen molar-refractivity contribution in [1.82, 2.24) is 9.21 Å². The van der Waals surface area contributed by atoms with E-state index in [0.29, 0.717) is 13.1 Å². The van der Waals surface area contributed by atoms with E-state index in [1.54, 1.807) is 0 Å². The number of methoxy groups -OCH3 is 2. The minimum Gasteiger partial charge on any atom is -0.465 e. The zero-order valence-corrected chi connectivity index (χ0v) is 16.2. The summed E-state index contributed by atoms with van der Waals surface area (Å²) in [6, 6.07) is 3.85. The molecule has 0 aromatic heterocycles. The quantitative estimate of drug-likeness (QED) is 0.675. The minimum atomic E-state index is -3.85. The van der Waals surface area contributed by atoms with E-state index in [1.807, 2.05) is 14.0 Å². The van der Waals surface area contributed by atoms with Crippen LogP contribution in [-0.4, -0.2) is 76.5 Å². The number of carbonyl (C=O) groups excluding carboxylic acids is 2. The smallest absolute Gasteiger partial charge is 0.337 e. The lowest BCUT2D eigenvalue weighted by atomic mass is 10.1. The Morgan fingerprint density at radius 3 is 2.15 bits per heavy atom. The van der Waals surface area contributed by atoms with E-state index in [9.17, 15) is 18.0 Å². The zero-order chi connectivity index (χ0) is 19.5. The van der Waals surface area contributed by atoms with Crippen LogP contribution in [0.2, 0.25) is 0 Å². The first-order valence-corrected chi connectivity index (χ1v) is 9.70. The molecule has 1 saturated heterocycles. The normalized spacial score (nSPS) is 18.1. The fourth-order valence-corrected chi connectivity index (χ4v) is 4.48. The Kier molecular flexibility index (Phi) is 6.38. The van der Waals surface area contributed by atoms with E-state index in [4.69, 9.17) is 0 Å². The maximum absolute atomic E-state index is 13.0. The Morgan fingerprint density at radius 1 is 1.15 bits per heavy atom. The van der Waals surface area contributed by atoms with Gasteiger partial charge in [-0.1, -0.05) is 6.92 Å². The molecule has 0 radical (unpaired) electrons. The van der Waals surface area contributed by atoms with Gasteiger partial charge in [-0.2, -0.15) is 4.31 Å². The fourth-order valence-electron chi connectivity index (χ4n) is 2.92. The summed E-state index contributed by atoms with van der Waals surface area (Å²) >= 11 is 0. The monoisotopic (exact) mass is 384 g/mol. The third-order valence-corrected chi connectivity index (χ3v) is 6.48. The molecular formula is C17H24N2O6S. The lowest BCUT2D eigenvalue weighted by Gasteiger charge is -2.23. The molecule has 0 unspecified atom stereocenters. The Balaban J connectivity index is 2.42. The average molecular weight is 384 g/mol. The first-order chi connectivity index (χ1) is 12.2. The Bertz CT molecular complexity index is 758. The summed E-state index contributed by atoms with van der Waals surface area (Å²) in [6.45, 7) is 3.58. The number of carbonyl (C=O) groups is 2. The molecule has 0 amide bonds. The molecule has 1 heterocycles. The summed E-state index contributed by atoms with van der Waals surface area (Å²) in [6.07, 6.45) is 0.726. The van der Waals surface area contributed by atoms with Gasteiger partial charge >= 0.3 is 11.9 Å². The molecule has 1 fully saturated rings. The summed E-state index contributed by atoms with van der Waals surface area (Å²) in [4.78, 5) is 25.7. The predicted octanol–water partition coefficient (Wildman–Crippen LogP) is 0.974. The van der Waals surface area contributed by atoms with Gasteiger partial charge in [-0.05, 0) is 38.2 Å². The lowest BCUT2D eigenvalue weighted by molar-refractivity contribution is 0.0598. The predicted molar refractivity (Wildman–Crippen MR) is 94.6 cm³/mol. The first kappa shape index (κ1) is 20.3. The molecule has 144 valence electrons. The van der Waals surface area contributed by atoms with Crippen molar-refractivity contribution in [2.45, 2.75) is 24.3 Å². The lowest BCUT2D eigenvalue weighted by Crippen LogP contribution is -2.36. The number of sulfonamides is 1. The van der Waals surface area contributed by atoms with E-state index in [1.165, 1.54) is 36.7 Å². The molecule has 26 heavy (non-hydrogen) atoms. The molecule has 9 heteroatoms. The maximum atomic E-state index is 13.0. The second-order valence-corrected chi connectivity index (χ2v) is 8.05. The molecule has 1 atom stereocenters. The first-order valence-electron chi connectivity index (χ1n) is 8.26. The topological polar surface area (TPSA) is 93.2 Å². The van der Waals surface area contributed by atoms with E-state index in [-0.39, 0.29) is 22.1 Å². The van der Waals surface area contributed by atoms with Crippen LogP contribution in [-0.2, 0) is 19.5 Å². The molecule has 1 aliphatic rings. The highest BCUT2D eigenvalue weighted by atomic mass is 32.2. The summed E-state index contributed by atoms with van der Waals surface area (Å²) in [5.41, 5.74) is -0.0363. The van der Waals surface area contributed by atoms with Crippen molar-refractivity contribution in [2.24, 2.45) is 0 Å². The third-order valence-electron chi connectivity index (χ3n) is 4.63.